The maximum absolute atomic E-state index is 10.7. The average Bonchev–Trinajstić information content (AvgIpc) is 2.71. The maximum atomic E-state index is 10.7. The predicted molar refractivity (Wildman–Crippen MR) is 63.2 cm³/mol. The zero-order valence-electron chi connectivity index (χ0n) is 7.89. The summed E-state index contributed by atoms with van der Waals surface area (Å²) < 4.78 is 2.16. The van der Waals surface area contributed by atoms with Crippen LogP contribution in [0, 0.1) is 0 Å². The minimum atomic E-state index is -1.06. The zero-order valence-corrected chi connectivity index (χ0v) is 10.2. The summed E-state index contributed by atoms with van der Waals surface area (Å²) >= 11 is 9.35. The van der Waals surface area contributed by atoms with E-state index in [0.717, 1.165) is 4.47 Å². The summed E-state index contributed by atoms with van der Waals surface area (Å²) in [6, 6.07) is 6.77. The molecule has 0 aliphatic carbocycles. The highest BCUT2D eigenvalue weighted by Gasteiger charge is 2.10. The average molecular weight is 302 g/mol. The molecule has 0 aliphatic heterocycles. The van der Waals surface area contributed by atoms with Crippen LogP contribution in [0.2, 0.25) is 5.02 Å². The largest absolute Gasteiger partial charge is 0.476 e. The third-order valence-electron chi connectivity index (χ3n) is 1.99. The van der Waals surface area contributed by atoms with Crippen LogP contribution in [-0.2, 0) is 0 Å². The second-order valence-electron chi connectivity index (χ2n) is 3.02. The number of aromatic nitrogens is 2. The van der Waals surface area contributed by atoms with Gasteiger partial charge in [0.1, 0.15) is 0 Å². The van der Waals surface area contributed by atoms with Crippen LogP contribution < -0.4 is 0 Å². The number of carboxylic acids is 1. The third-order valence-corrected chi connectivity index (χ3v) is 3.27. The lowest BCUT2D eigenvalue weighted by Crippen LogP contribution is -2.01. The van der Waals surface area contributed by atoms with Gasteiger partial charge in [0, 0.05) is 10.7 Å². The van der Waals surface area contributed by atoms with E-state index < -0.39 is 5.97 Å². The number of carbonyl (C=O) groups is 1. The second kappa shape index (κ2) is 4.27. The van der Waals surface area contributed by atoms with E-state index in [1.165, 1.54) is 10.7 Å². The Balaban J connectivity index is 2.50. The highest BCUT2D eigenvalue weighted by atomic mass is 79.9. The number of halogens is 2. The number of aromatic carboxylic acids is 1. The van der Waals surface area contributed by atoms with E-state index in [-0.39, 0.29) is 5.69 Å². The van der Waals surface area contributed by atoms with Crippen LogP contribution >= 0.6 is 27.5 Å². The first-order valence-corrected chi connectivity index (χ1v) is 5.50. The van der Waals surface area contributed by atoms with Crippen molar-refractivity contribution in [1.82, 2.24) is 9.78 Å². The summed E-state index contributed by atoms with van der Waals surface area (Å²) in [4.78, 5) is 10.7. The third kappa shape index (κ3) is 1.96. The van der Waals surface area contributed by atoms with Crippen molar-refractivity contribution in [2.24, 2.45) is 0 Å². The fourth-order valence-corrected chi connectivity index (χ4v) is 1.81. The number of hydrogen-bond acceptors (Lipinski definition) is 2. The molecule has 16 heavy (non-hydrogen) atoms. The number of rotatable bonds is 2. The van der Waals surface area contributed by atoms with E-state index in [9.17, 15) is 4.79 Å². The number of hydrogen-bond donors (Lipinski definition) is 1. The Kier molecular flexibility index (Phi) is 2.98. The summed E-state index contributed by atoms with van der Waals surface area (Å²) in [6.07, 6.45) is 1.55. The van der Waals surface area contributed by atoms with Crippen molar-refractivity contribution in [1.29, 1.82) is 0 Å². The van der Waals surface area contributed by atoms with Gasteiger partial charge in [0.15, 0.2) is 5.69 Å². The van der Waals surface area contributed by atoms with E-state index in [2.05, 4.69) is 21.0 Å². The van der Waals surface area contributed by atoms with Gasteiger partial charge in [-0.1, -0.05) is 17.7 Å². The Morgan fingerprint density at radius 2 is 2.19 bits per heavy atom. The molecule has 0 bridgehead atoms. The fourth-order valence-electron chi connectivity index (χ4n) is 1.24. The fraction of sp³-hybridized carbons (Fsp3) is 0. The van der Waals surface area contributed by atoms with Crippen LogP contribution in [0.3, 0.4) is 0 Å². The van der Waals surface area contributed by atoms with Crippen LogP contribution in [-0.4, -0.2) is 20.9 Å². The summed E-state index contributed by atoms with van der Waals surface area (Å²) in [6.45, 7) is 0. The van der Waals surface area contributed by atoms with Crippen LogP contribution in [0.4, 0.5) is 0 Å². The lowest BCUT2D eigenvalue weighted by Gasteiger charge is -2.04. The molecule has 6 heteroatoms. The van der Waals surface area contributed by atoms with Crippen LogP contribution in [0.5, 0.6) is 0 Å². The van der Waals surface area contributed by atoms with Gasteiger partial charge in [0.25, 0.3) is 0 Å². The molecule has 0 spiro atoms. The Morgan fingerprint density at radius 1 is 1.44 bits per heavy atom. The van der Waals surface area contributed by atoms with Gasteiger partial charge in [-0.05, 0) is 34.1 Å². The van der Waals surface area contributed by atoms with Crippen molar-refractivity contribution in [2.75, 3.05) is 0 Å². The highest BCUT2D eigenvalue weighted by molar-refractivity contribution is 9.10. The van der Waals surface area contributed by atoms with Crippen LogP contribution in [0.1, 0.15) is 10.5 Å². The van der Waals surface area contributed by atoms with Crippen molar-refractivity contribution >= 4 is 33.5 Å². The molecule has 0 aliphatic rings. The maximum Gasteiger partial charge on any atom is 0.356 e. The van der Waals surface area contributed by atoms with Gasteiger partial charge in [-0.25, -0.2) is 9.48 Å². The van der Waals surface area contributed by atoms with E-state index in [4.69, 9.17) is 16.7 Å². The van der Waals surface area contributed by atoms with Crippen LogP contribution in [0.15, 0.2) is 34.9 Å². The molecule has 1 aromatic heterocycles. The van der Waals surface area contributed by atoms with Crippen molar-refractivity contribution in [3.63, 3.8) is 0 Å². The molecular weight excluding hydrogens is 295 g/mol. The Hall–Kier alpha value is -1.33. The van der Waals surface area contributed by atoms with Crippen molar-refractivity contribution in [3.8, 4) is 5.69 Å². The van der Waals surface area contributed by atoms with Gasteiger partial charge in [-0.15, -0.1) is 0 Å². The lowest BCUT2D eigenvalue weighted by molar-refractivity contribution is 0.0690. The van der Waals surface area contributed by atoms with Gasteiger partial charge < -0.3 is 5.11 Å². The summed E-state index contributed by atoms with van der Waals surface area (Å²) in [5.74, 6) is -1.06. The SMILES string of the molecule is O=C(O)c1ccn(-c2cccc(Br)c2Cl)n1. The first kappa shape index (κ1) is 11.2. The number of nitrogens with zero attached hydrogens (tertiary/aromatic N) is 2. The number of carboxylic acid groups (broad SMARTS) is 1. The summed E-state index contributed by atoms with van der Waals surface area (Å²) in [7, 11) is 0. The molecule has 1 heterocycles. The normalized spacial score (nSPS) is 10.4. The van der Waals surface area contributed by atoms with Crippen molar-refractivity contribution < 1.29 is 9.90 Å². The Labute approximate surface area is 105 Å². The minimum absolute atomic E-state index is 0.0176. The van der Waals surface area contributed by atoms with Gasteiger partial charge in [-0.2, -0.15) is 5.10 Å². The highest BCUT2D eigenvalue weighted by Crippen LogP contribution is 2.28. The van der Waals surface area contributed by atoms with E-state index in [1.807, 2.05) is 0 Å². The number of benzene rings is 1. The van der Waals surface area contributed by atoms with Gasteiger partial charge in [0.05, 0.1) is 10.7 Å². The monoisotopic (exact) mass is 300 g/mol. The van der Waals surface area contributed by atoms with Crippen molar-refractivity contribution in [2.45, 2.75) is 0 Å². The smallest absolute Gasteiger partial charge is 0.356 e. The molecule has 0 saturated carbocycles. The van der Waals surface area contributed by atoms with E-state index in [0.29, 0.717) is 10.7 Å². The minimum Gasteiger partial charge on any atom is -0.476 e. The molecule has 0 amide bonds. The molecule has 0 atom stereocenters. The molecule has 0 fully saturated rings. The van der Waals surface area contributed by atoms with Crippen molar-refractivity contribution in [3.05, 3.63) is 45.7 Å². The molecule has 2 rings (SSSR count). The molecule has 1 aromatic carbocycles. The molecule has 0 saturated heterocycles. The molecule has 4 nitrogen and oxygen atoms in total. The van der Waals surface area contributed by atoms with Crippen LogP contribution in [0.25, 0.3) is 5.69 Å². The van der Waals surface area contributed by atoms with E-state index in [1.54, 1.807) is 24.4 Å². The Bertz CT molecular complexity index is 554. The molecule has 0 radical (unpaired) electrons. The predicted octanol–water partition coefficient (Wildman–Crippen LogP) is 2.99. The van der Waals surface area contributed by atoms with Gasteiger partial charge in [0.2, 0.25) is 0 Å². The van der Waals surface area contributed by atoms with E-state index >= 15 is 0 Å². The second-order valence-corrected chi connectivity index (χ2v) is 4.26. The molecule has 1 N–H and O–H groups in total. The Morgan fingerprint density at radius 3 is 2.81 bits per heavy atom. The summed E-state index contributed by atoms with van der Waals surface area (Å²) in [5, 5.41) is 13.1. The zero-order chi connectivity index (χ0) is 11.7. The quantitative estimate of drug-likeness (QED) is 0.927. The molecule has 82 valence electrons. The molecule has 2 aromatic rings. The lowest BCUT2D eigenvalue weighted by atomic mass is 10.3. The topological polar surface area (TPSA) is 55.1 Å². The molecule has 0 unspecified atom stereocenters. The molecular formula is C10H6BrClN2O2. The first-order chi connectivity index (χ1) is 7.59. The first-order valence-electron chi connectivity index (χ1n) is 4.33. The summed E-state index contributed by atoms with van der Waals surface area (Å²) in [5.41, 5.74) is 0.611. The standard InChI is InChI=1S/C10H6BrClN2O2/c11-6-2-1-3-8(9(6)12)14-5-4-7(13-14)10(15)16/h1-5H,(H,15,16). The van der Waals surface area contributed by atoms with Gasteiger partial charge >= 0.3 is 5.97 Å². The van der Waals surface area contributed by atoms with Gasteiger partial charge in [-0.3, -0.25) is 0 Å².